The highest BCUT2D eigenvalue weighted by Crippen LogP contribution is 2.25. The molecule has 1 aliphatic heterocycles. The minimum absolute atomic E-state index is 0.0654. The molecule has 3 amide bonds. The lowest BCUT2D eigenvalue weighted by atomic mass is 10.0. The van der Waals surface area contributed by atoms with Gasteiger partial charge in [0.2, 0.25) is 0 Å². The van der Waals surface area contributed by atoms with E-state index in [1.807, 2.05) is 13.8 Å². The van der Waals surface area contributed by atoms with Crippen molar-refractivity contribution >= 4 is 29.7 Å². The number of imide groups is 1. The van der Waals surface area contributed by atoms with Gasteiger partial charge in [-0.2, -0.15) is 0 Å². The number of fused-ring (bicyclic) bond motifs is 1. The molecule has 1 aromatic carbocycles. The SMILES string of the molecule is COC(=O)CCN(CC(=O)OC)C(=O)c1ccc2c(c1)C(=O)N(CC(C)C)C2=O. The molecule has 0 aliphatic carbocycles. The van der Waals surface area contributed by atoms with Crippen LogP contribution in [0.4, 0.5) is 0 Å². The van der Waals surface area contributed by atoms with Gasteiger partial charge in [-0.25, -0.2) is 0 Å². The molecule has 0 saturated carbocycles. The van der Waals surface area contributed by atoms with E-state index in [0.717, 1.165) is 9.80 Å². The number of carbonyl (C=O) groups excluding carboxylic acids is 5. The smallest absolute Gasteiger partial charge is 0.325 e. The summed E-state index contributed by atoms with van der Waals surface area (Å²) in [7, 11) is 2.41. The van der Waals surface area contributed by atoms with Crippen LogP contribution in [0.1, 0.15) is 51.3 Å². The second-order valence-corrected chi connectivity index (χ2v) is 7.00. The van der Waals surface area contributed by atoms with Crippen molar-refractivity contribution in [2.75, 3.05) is 33.9 Å². The topological polar surface area (TPSA) is 110 Å². The summed E-state index contributed by atoms with van der Waals surface area (Å²) in [5.74, 6) is -2.50. The summed E-state index contributed by atoms with van der Waals surface area (Å²) in [6, 6.07) is 4.20. The van der Waals surface area contributed by atoms with E-state index < -0.39 is 29.7 Å². The van der Waals surface area contributed by atoms with Crippen LogP contribution in [0.25, 0.3) is 0 Å². The van der Waals surface area contributed by atoms with E-state index in [0.29, 0.717) is 0 Å². The highest BCUT2D eigenvalue weighted by atomic mass is 16.5. The summed E-state index contributed by atoms with van der Waals surface area (Å²) in [5.41, 5.74) is 0.513. The first kappa shape index (κ1) is 22.1. The number of rotatable bonds is 8. The van der Waals surface area contributed by atoms with Gasteiger partial charge in [-0.15, -0.1) is 0 Å². The summed E-state index contributed by atoms with van der Waals surface area (Å²) in [6.07, 6.45) is -0.107. The lowest BCUT2D eigenvalue weighted by Gasteiger charge is -2.21. The Balaban J connectivity index is 2.28. The van der Waals surface area contributed by atoms with E-state index >= 15 is 0 Å². The fraction of sp³-hybridized carbons (Fsp3) is 0.450. The van der Waals surface area contributed by atoms with E-state index in [2.05, 4.69) is 9.47 Å². The van der Waals surface area contributed by atoms with Gasteiger partial charge in [-0.1, -0.05) is 13.8 Å². The molecule has 9 heteroatoms. The number of ether oxygens (including phenoxy) is 2. The number of hydrogen-bond acceptors (Lipinski definition) is 7. The molecule has 0 radical (unpaired) electrons. The molecule has 0 atom stereocenters. The van der Waals surface area contributed by atoms with Crippen molar-refractivity contribution in [1.29, 1.82) is 0 Å². The maximum absolute atomic E-state index is 12.9. The number of hydrogen-bond donors (Lipinski definition) is 0. The van der Waals surface area contributed by atoms with Crippen molar-refractivity contribution in [1.82, 2.24) is 9.80 Å². The summed E-state index contributed by atoms with van der Waals surface area (Å²) < 4.78 is 9.17. The molecule has 0 bridgehead atoms. The Bertz CT molecular complexity index is 847. The van der Waals surface area contributed by atoms with Crippen molar-refractivity contribution in [2.24, 2.45) is 5.92 Å². The van der Waals surface area contributed by atoms with Gasteiger partial charge in [0.05, 0.1) is 31.8 Å². The van der Waals surface area contributed by atoms with Crippen molar-refractivity contribution in [3.05, 3.63) is 34.9 Å². The monoisotopic (exact) mass is 404 g/mol. The largest absolute Gasteiger partial charge is 0.469 e. The Hall–Kier alpha value is -3.23. The van der Waals surface area contributed by atoms with Gasteiger partial charge < -0.3 is 14.4 Å². The Morgan fingerprint density at radius 2 is 1.62 bits per heavy atom. The molecule has 1 aromatic rings. The first-order chi connectivity index (χ1) is 13.7. The number of methoxy groups -OCH3 is 2. The van der Waals surface area contributed by atoms with Crippen LogP contribution >= 0.6 is 0 Å². The van der Waals surface area contributed by atoms with Crippen molar-refractivity contribution in [3.63, 3.8) is 0 Å². The summed E-state index contributed by atoms with van der Waals surface area (Å²) >= 11 is 0. The van der Waals surface area contributed by atoms with E-state index in [-0.39, 0.29) is 48.7 Å². The first-order valence-electron chi connectivity index (χ1n) is 9.12. The summed E-state index contributed by atoms with van der Waals surface area (Å²) in [4.78, 5) is 63.3. The third-order valence-electron chi connectivity index (χ3n) is 4.41. The quantitative estimate of drug-likeness (QED) is 0.471. The maximum atomic E-state index is 12.9. The molecule has 1 heterocycles. The molecule has 0 spiro atoms. The lowest BCUT2D eigenvalue weighted by Crippen LogP contribution is -2.38. The van der Waals surface area contributed by atoms with Crippen LogP contribution in [0.2, 0.25) is 0 Å². The predicted octanol–water partition coefficient (Wildman–Crippen LogP) is 1.12. The number of benzene rings is 1. The third kappa shape index (κ3) is 4.98. The first-order valence-corrected chi connectivity index (χ1v) is 9.12. The molecular formula is C20H24N2O7. The van der Waals surface area contributed by atoms with E-state index in [4.69, 9.17) is 0 Å². The fourth-order valence-corrected chi connectivity index (χ4v) is 2.94. The Labute approximate surface area is 168 Å². The second-order valence-electron chi connectivity index (χ2n) is 7.00. The zero-order valence-electron chi connectivity index (χ0n) is 16.9. The van der Waals surface area contributed by atoms with Crippen molar-refractivity contribution in [2.45, 2.75) is 20.3 Å². The molecule has 1 aliphatic rings. The molecule has 156 valence electrons. The van der Waals surface area contributed by atoms with Crippen molar-refractivity contribution in [3.8, 4) is 0 Å². The fourth-order valence-electron chi connectivity index (χ4n) is 2.94. The van der Waals surface area contributed by atoms with Gasteiger partial charge >= 0.3 is 11.9 Å². The van der Waals surface area contributed by atoms with Crippen LogP contribution in [-0.2, 0) is 19.1 Å². The average Bonchev–Trinajstić information content (AvgIpc) is 2.93. The van der Waals surface area contributed by atoms with Crippen LogP contribution in [-0.4, -0.2) is 73.3 Å². The molecule has 9 nitrogen and oxygen atoms in total. The van der Waals surface area contributed by atoms with E-state index in [1.165, 1.54) is 32.4 Å². The average molecular weight is 404 g/mol. The maximum Gasteiger partial charge on any atom is 0.325 e. The van der Waals surface area contributed by atoms with Gasteiger partial charge in [-0.05, 0) is 24.1 Å². The van der Waals surface area contributed by atoms with Gasteiger partial charge in [-0.3, -0.25) is 28.9 Å². The molecule has 0 unspecified atom stereocenters. The normalized spacial score (nSPS) is 12.8. The Kier molecular flexibility index (Phi) is 7.08. The standard InChI is InChI=1S/C20H24N2O7/c1-12(2)10-22-19(26)14-6-5-13(9-15(14)20(22)27)18(25)21(11-17(24)29-4)8-7-16(23)28-3/h5-6,9,12H,7-8,10-11H2,1-4H3. The molecular weight excluding hydrogens is 380 g/mol. The van der Waals surface area contributed by atoms with Gasteiger partial charge in [0.25, 0.3) is 17.7 Å². The number of esters is 2. The van der Waals surface area contributed by atoms with Gasteiger partial charge in [0, 0.05) is 18.7 Å². The lowest BCUT2D eigenvalue weighted by molar-refractivity contribution is -0.143. The summed E-state index contributed by atoms with van der Waals surface area (Å²) in [6.45, 7) is 3.64. The van der Waals surface area contributed by atoms with Crippen molar-refractivity contribution < 1.29 is 33.4 Å². The molecule has 0 aromatic heterocycles. The highest BCUT2D eigenvalue weighted by molar-refractivity contribution is 6.22. The van der Waals surface area contributed by atoms with Crippen LogP contribution < -0.4 is 0 Å². The highest BCUT2D eigenvalue weighted by Gasteiger charge is 2.36. The molecule has 0 saturated heterocycles. The zero-order chi connectivity index (χ0) is 21.7. The molecule has 0 N–H and O–H groups in total. The molecule has 29 heavy (non-hydrogen) atoms. The number of nitrogens with zero attached hydrogens (tertiary/aromatic N) is 2. The second kappa shape index (κ2) is 9.31. The summed E-state index contributed by atoms with van der Waals surface area (Å²) in [5, 5.41) is 0. The molecule has 0 fully saturated rings. The predicted molar refractivity (Wildman–Crippen MR) is 101 cm³/mol. The van der Waals surface area contributed by atoms with E-state index in [1.54, 1.807) is 0 Å². The zero-order valence-corrected chi connectivity index (χ0v) is 16.9. The van der Waals surface area contributed by atoms with Gasteiger partial charge in [0.15, 0.2) is 0 Å². The van der Waals surface area contributed by atoms with Gasteiger partial charge in [0.1, 0.15) is 6.54 Å². The third-order valence-corrected chi connectivity index (χ3v) is 4.41. The minimum Gasteiger partial charge on any atom is -0.469 e. The number of amides is 3. The molecule has 2 rings (SSSR count). The van der Waals surface area contributed by atoms with Crippen LogP contribution in [0.5, 0.6) is 0 Å². The van der Waals surface area contributed by atoms with Crippen LogP contribution in [0.15, 0.2) is 18.2 Å². The van der Waals surface area contributed by atoms with E-state index in [9.17, 15) is 24.0 Å². The Morgan fingerprint density at radius 1 is 1.00 bits per heavy atom. The van der Waals surface area contributed by atoms with Crippen LogP contribution in [0.3, 0.4) is 0 Å². The number of carbonyl (C=O) groups is 5. The Morgan fingerprint density at radius 3 is 2.21 bits per heavy atom. The van der Waals surface area contributed by atoms with Crippen LogP contribution in [0, 0.1) is 5.92 Å². The minimum atomic E-state index is -0.654.